The third-order valence-electron chi connectivity index (χ3n) is 1.60. The number of rotatable bonds is 3. The number of halogens is 1. The zero-order valence-corrected chi connectivity index (χ0v) is 6.95. The van der Waals surface area contributed by atoms with Gasteiger partial charge in [0, 0.05) is 0 Å². The van der Waals surface area contributed by atoms with E-state index in [1.54, 1.807) is 0 Å². The summed E-state index contributed by atoms with van der Waals surface area (Å²) in [4.78, 5) is 0. The second-order valence-electron chi connectivity index (χ2n) is 2.70. The van der Waals surface area contributed by atoms with Gasteiger partial charge >= 0.3 is 0 Å². The molecule has 1 fully saturated rings. The van der Waals surface area contributed by atoms with Crippen molar-refractivity contribution in [3.8, 4) is 6.07 Å². The Balaban J connectivity index is 0.000000810. The van der Waals surface area contributed by atoms with Gasteiger partial charge in [-0.05, 0) is 32.2 Å². The van der Waals surface area contributed by atoms with Crippen molar-refractivity contribution in [1.29, 1.82) is 5.26 Å². The van der Waals surface area contributed by atoms with E-state index in [1.807, 2.05) is 6.92 Å². The fraction of sp³-hybridized carbons (Fsp3) is 0.857. The Morgan fingerprint density at radius 3 is 2.70 bits per heavy atom. The lowest BCUT2D eigenvalue weighted by Gasteiger charge is -2.02. The molecule has 0 aromatic carbocycles. The number of hydrogen-bond donors (Lipinski definition) is 1. The highest BCUT2D eigenvalue weighted by Crippen LogP contribution is 2.27. The first-order chi connectivity index (χ1) is 4.33. The summed E-state index contributed by atoms with van der Waals surface area (Å²) >= 11 is 0. The summed E-state index contributed by atoms with van der Waals surface area (Å²) in [6.45, 7) is 2.93. The molecule has 0 aromatic heterocycles. The number of nitrogens with one attached hydrogen (secondary N) is 1. The molecule has 1 aliphatic rings. The van der Waals surface area contributed by atoms with Gasteiger partial charge in [0.05, 0.1) is 12.1 Å². The maximum Gasteiger partial charge on any atom is 0.0924 e. The van der Waals surface area contributed by atoms with Gasteiger partial charge in [0.2, 0.25) is 0 Å². The lowest BCUT2D eigenvalue weighted by atomic mass is 10.3. The Hall–Kier alpha value is -0.260. The molecule has 2 nitrogen and oxygen atoms in total. The van der Waals surface area contributed by atoms with Gasteiger partial charge < -0.3 is 5.32 Å². The Labute approximate surface area is 68.0 Å². The van der Waals surface area contributed by atoms with Crippen LogP contribution in [-0.2, 0) is 0 Å². The van der Waals surface area contributed by atoms with Crippen molar-refractivity contribution >= 4 is 12.4 Å². The Bertz CT molecular complexity index is 126. The largest absolute Gasteiger partial charge is 0.302 e. The summed E-state index contributed by atoms with van der Waals surface area (Å²) in [5, 5.41) is 11.5. The van der Waals surface area contributed by atoms with E-state index in [2.05, 4.69) is 11.4 Å². The maximum atomic E-state index is 8.36. The SMILES string of the molecule is CC(C#N)NCC1CC1.Cl. The van der Waals surface area contributed by atoms with E-state index < -0.39 is 0 Å². The van der Waals surface area contributed by atoms with Gasteiger partial charge in [0.15, 0.2) is 0 Å². The predicted octanol–water partition coefficient (Wildman–Crippen LogP) is 1.32. The van der Waals surface area contributed by atoms with Crippen molar-refractivity contribution in [3.05, 3.63) is 0 Å². The minimum Gasteiger partial charge on any atom is -0.302 e. The minimum atomic E-state index is 0. The molecule has 0 radical (unpaired) electrons. The molecule has 0 amide bonds. The van der Waals surface area contributed by atoms with Crippen LogP contribution in [0.4, 0.5) is 0 Å². The van der Waals surface area contributed by atoms with Crippen molar-refractivity contribution in [3.63, 3.8) is 0 Å². The van der Waals surface area contributed by atoms with Crippen LogP contribution in [0.3, 0.4) is 0 Å². The molecule has 0 saturated heterocycles. The first-order valence-corrected chi connectivity index (χ1v) is 3.46. The van der Waals surface area contributed by atoms with E-state index in [0.29, 0.717) is 0 Å². The molecule has 10 heavy (non-hydrogen) atoms. The maximum absolute atomic E-state index is 8.36. The Kier molecular flexibility index (Phi) is 4.42. The zero-order chi connectivity index (χ0) is 6.69. The van der Waals surface area contributed by atoms with Gasteiger partial charge in [-0.3, -0.25) is 0 Å². The molecule has 0 spiro atoms. The van der Waals surface area contributed by atoms with Crippen LogP contribution in [0.5, 0.6) is 0 Å². The summed E-state index contributed by atoms with van der Waals surface area (Å²) in [6.07, 6.45) is 2.70. The summed E-state index contributed by atoms with van der Waals surface area (Å²) in [7, 11) is 0. The zero-order valence-electron chi connectivity index (χ0n) is 6.13. The van der Waals surface area contributed by atoms with Crippen LogP contribution in [0.2, 0.25) is 0 Å². The van der Waals surface area contributed by atoms with Crippen molar-refractivity contribution in [1.82, 2.24) is 5.32 Å². The van der Waals surface area contributed by atoms with Crippen LogP contribution in [0.1, 0.15) is 19.8 Å². The van der Waals surface area contributed by atoms with Crippen LogP contribution >= 0.6 is 12.4 Å². The van der Waals surface area contributed by atoms with Crippen LogP contribution in [0, 0.1) is 17.2 Å². The van der Waals surface area contributed by atoms with Crippen LogP contribution in [-0.4, -0.2) is 12.6 Å². The Morgan fingerprint density at radius 2 is 2.30 bits per heavy atom. The van der Waals surface area contributed by atoms with Gasteiger partial charge in [-0.25, -0.2) is 0 Å². The highest BCUT2D eigenvalue weighted by atomic mass is 35.5. The molecule has 1 unspecified atom stereocenters. The molecule has 0 bridgehead atoms. The summed E-state index contributed by atoms with van der Waals surface area (Å²) in [6, 6.07) is 2.17. The highest BCUT2D eigenvalue weighted by molar-refractivity contribution is 5.85. The third kappa shape index (κ3) is 3.71. The van der Waals surface area contributed by atoms with Crippen LogP contribution < -0.4 is 5.32 Å². The van der Waals surface area contributed by atoms with E-state index in [9.17, 15) is 0 Å². The van der Waals surface area contributed by atoms with Gasteiger partial charge in [-0.1, -0.05) is 0 Å². The lowest BCUT2D eigenvalue weighted by molar-refractivity contribution is 0.602. The Morgan fingerprint density at radius 1 is 1.70 bits per heavy atom. The number of nitrogens with zero attached hydrogens (tertiary/aromatic N) is 1. The fourth-order valence-electron chi connectivity index (χ4n) is 0.711. The fourth-order valence-corrected chi connectivity index (χ4v) is 0.711. The van der Waals surface area contributed by atoms with Gasteiger partial charge in [0.1, 0.15) is 0 Å². The molecule has 0 aliphatic heterocycles. The lowest BCUT2D eigenvalue weighted by Crippen LogP contribution is -2.26. The predicted molar refractivity (Wildman–Crippen MR) is 43.0 cm³/mol. The average molecular weight is 161 g/mol. The van der Waals surface area contributed by atoms with Gasteiger partial charge in [0.25, 0.3) is 0 Å². The second kappa shape index (κ2) is 4.54. The van der Waals surface area contributed by atoms with Crippen molar-refractivity contribution in [2.75, 3.05) is 6.54 Å². The molecular formula is C7H13ClN2. The second-order valence-corrected chi connectivity index (χ2v) is 2.70. The summed E-state index contributed by atoms with van der Waals surface area (Å²) < 4.78 is 0. The molecule has 58 valence electrons. The van der Waals surface area contributed by atoms with E-state index in [4.69, 9.17) is 5.26 Å². The van der Waals surface area contributed by atoms with E-state index in [0.717, 1.165) is 12.5 Å². The average Bonchev–Trinajstić information content (AvgIpc) is 2.65. The van der Waals surface area contributed by atoms with Gasteiger partial charge in [-0.15, -0.1) is 12.4 Å². The minimum absolute atomic E-state index is 0. The monoisotopic (exact) mass is 160 g/mol. The molecule has 1 atom stereocenters. The highest BCUT2D eigenvalue weighted by Gasteiger charge is 2.20. The van der Waals surface area contributed by atoms with Crippen LogP contribution in [0.25, 0.3) is 0 Å². The molecule has 0 aromatic rings. The number of hydrogen-bond acceptors (Lipinski definition) is 2. The summed E-state index contributed by atoms with van der Waals surface area (Å²) in [5.74, 6) is 0.876. The van der Waals surface area contributed by atoms with Gasteiger partial charge in [-0.2, -0.15) is 5.26 Å². The van der Waals surface area contributed by atoms with Crippen LogP contribution in [0.15, 0.2) is 0 Å². The molecule has 3 heteroatoms. The van der Waals surface area contributed by atoms with Crippen molar-refractivity contribution in [2.45, 2.75) is 25.8 Å². The molecule has 1 aliphatic carbocycles. The quantitative estimate of drug-likeness (QED) is 0.676. The molecule has 1 rings (SSSR count). The number of nitriles is 1. The standard InChI is InChI=1S/C7H12N2.ClH/c1-6(4-8)9-5-7-2-3-7;/h6-7,9H,2-3,5H2,1H3;1H. The molecule has 0 heterocycles. The molecule has 1 N–H and O–H groups in total. The molecular weight excluding hydrogens is 148 g/mol. The first kappa shape index (κ1) is 9.74. The summed E-state index contributed by atoms with van der Waals surface area (Å²) in [5.41, 5.74) is 0. The van der Waals surface area contributed by atoms with Crippen molar-refractivity contribution < 1.29 is 0 Å². The smallest absolute Gasteiger partial charge is 0.0924 e. The van der Waals surface area contributed by atoms with E-state index >= 15 is 0 Å². The van der Waals surface area contributed by atoms with E-state index in [1.165, 1.54) is 12.8 Å². The molecule has 1 saturated carbocycles. The topological polar surface area (TPSA) is 35.8 Å². The normalized spacial score (nSPS) is 18.8. The first-order valence-electron chi connectivity index (χ1n) is 3.46. The van der Waals surface area contributed by atoms with Crippen molar-refractivity contribution in [2.24, 2.45) is 5.92 Å². The third-order valence-corrected chi connectivity index (χ3v) is 1.60. The van der Waals surface area contributed by atoms with E-state index in [-0.39, 0.29) is 18.4 Å².